The number of hydroxylamine groups is 1. The van der Waals surface area contributed by atoms with Crippen LogP contribution < -0.4 is 5.48 Å². The second kappa shape index (κ2) is 9.06. The third-order valence-corrected chi connectivity index (χ3v) is 3.40. The molecule has 2 N–H and O–H groups in total. The van der Waals surface area contributed by atoms with Gasteiger partial charge in [-0.3, -0.25) is 4.98 Å². The van der Waals surface area contributed by atoms with Gasteiger partial charge in [0.05, 0.1) is 0 Å². The lowest BCUT2D eigenvalue weighted by Gasteiger charge is -2.08. The molecule has 0 bridgehead atoms. The van der Waals surface area contributed by atoms with Crippen molar-refractivity contribution in [1.82, 2.24) is 10.5 Å². The minimum atomic E-state index is 0.665. The summed E-state index contributed by atoms with van der Waals surface area (Å²) in [5, 5.41) is 8.54. The van der Waals surface area contributed by atoms with Crippen LogP contribution >= 0.6 is 0 Å². The molecule has 0 amide bonds. The first kappa shape index (κ1) is 15.4. The molecule has 2 rings (SSSR count). The summed E-state index contributed by atoms with van der Waals surface area (Å²) < 4.78 is 0. The average Bonchev–Trinajstić information content (AvgIpc) is 2.56. The van der Waals surface area contributed by atoms with Crippen molar-refractivity contribution in [1.29, 1.82) is 0 Å². The Labute approximate surface area is 126 Å². The van der Waals surface area contributed by atoms with Crippen LogP contribution in [-0.4, -0.2) is 16.7 Å². The fourth-order valence-electron chi connectivity index (χ4n) is 2.31. The second-order valence-corrected chi connectivity index (χ2v) is 4.98. The number of pyridine rings is 1. The van der Waals surface area contributed by atoms with Crippen molar-refractivity contribution >= 4 is 5.57 Å². The van der Waals surface area contributed by atoms with E-state index < -0.39 is 0 Å². The molecule has 0 aliphatic carbocycles. The second-order valence-electron chi connectivity index (χ2n) is 4.98. The summed E-state index contributed by atoms with van der Waals surface area (Å²) in [5.41, 5.74) is 5.81. The molecule has 0 saturated carbocycles. The average molecular weight is 282 g/mol. The van der Waals surface area contributed by atoms with Crippen molar-refractivity contribution in [2.75, 3.05) is 6.54 Å². The molecule has 1 aromatic heterocycles. The van der Waals surface area contributed by atoms with Crippen molar-refractivity contribution in [3.05, 3.63) is 72.1 Å². The lowest BCUT2D eigenvalue weighted by Crippen LogP contribution is -2.07. The van der Waals surface area contributed by atoms with Gasteiger partial charge < -0.3 is 5.21 Å². The van der Waals surface area contributed by atoms with E-state index in [-0.39, 0.29) is 0 Å². The van der Waals surface area contributed by atoms with Gasteiger partial charge in [-0.1, -0.05) is 48.9 Å². The molecular weight excluding hydrogens is 260 g/mol. The minimum Gasteiger partial charge on any atom is -0.317 e. The summed E-state index contributed by atoms with van der Waals surface area (Å²) in [6, 6.07) is 14.5. The lowest BCUT2D eigenvalue weighted by atomic mass is 9.97. The highest BCUT2D eigenvalue weighted by Gasteiger charge is 2.04. The number of rotatable bonds is 8. The molecule has 0 unspecified atom stereocenters. The predicted molar refractivity (Wildman–Crippen MR) is 86.0 cm³/mol. The number of nitrogens with one attached hydrogen (secondary N) is 1. The Bertz CT molecular complexity index is 496. The lowest BCUT2D eigenvalue weighted by molar-refractivity contribution is 0.164. The summed E-state index contributed by atoms with van der Waals surface area (Å²) in [4.78, 5) is 4.22. The number of unbranched alkanes of at least 4 members (excludes halogenated alkanes) is 3. The van der Waals surface area contributed by atoms with Gasteiger partial charge in [0, 0.05) is 24.5 Å². The molecular formula is C18H22N2O. The maximum Gasteiger partial charge on any atom is 0.0346 e. The normalized spacial score (nSPS) is 11.6. The minimum absolute atomic E-state index is 0.665. The maximum absolute atomic E-state index is 8.54. The Hall–Kier alpha value is -1.97. The molecule has 1 heterocycles. The molecule has 0 atom stereocenters. The van der Waals surface area contributed by atoms with Crippen molar-refractivity contribution in [3.8, 4) is 0 Å². The van der Waals surface area contributed by atoms with Gasteiger partial charge in [-0.05, 0) is 36.5 Å². The fraction of sp³-hybridized carbons (Fsp3) is 0.278. The number of allylic oxidation sites excluding steroid dienone is 1. The van der Waals surface area contributed by atoms with Crippen LogP contribution in [0.15, 0.2) is 60.9 Å². The summed E-state index contributed by atoms with van der Waals surface area (Å²) in [6.45, 7) is 0.665. The van der Waals surface area contributed by atoms with E-state index in [9.17, 15) is 0 Å². The zero-order valence-electron chi connectivity index (χ0n) is 12.2. The number of nitrogens with zero attached hydrogens (tertiary/aromatic N) is 1. The molecule has 0 radical (unpaired) electrons. The molecule has 0 fully saturated rings. The Morgan fingerprint density at radius 3 is 2.52 bits per heavy atom. The van der Waals surface area contributed by atoms with E-state index in [4.69, 9.17) is 5.21 Å². The fourth-order valence-corrected chi connectivity index (χ4v) is 2.31. The molecule has 2 aromatic rings. The van der Waals surface area contributed by atoms with E-state index in [1.807, 2.05) is 18.3 Å². The molecule has 3 heteroatoms. The molecule has 3 nitrogen and oxygen atoms in total. The van der Waals surface area contributed by atoms with Crippen LogP contribution in [0.2, 0.25) is 0 Å². The highest BCUT2D eigenvalue weighted by atomic mass is 16.5. The first-order chi connectivity index (χ1) is 10.4. The summed E-state index contributed by atoms with van der Waals surface area (Å²) >= 11 is 0. The third-order valence-electron chi connectivity index (χ3n) is 3.40. The first-order valence-corrected chi connectivity index (χ1v) is 7.45. The van der Waals surface area contributed by atoms with Crippen LogP contribution in [0, 0.1) is 0 Å². The van der Waals surface area contributed by atoms with Crippen LogP contribution in [-0.2, 0) is 0 Å². The van der Waals surface area contributed by atoms with Gasteiger partial charge in [-0.2, -0.15) is 0 Å². The summed E-state index contributed by atoms with van der Waals surface area (Å²) in [6.07, 6.45) is 10.3. The maximum atomic E-state index is 8.54. The third kappa shape index (κ3) is 5.14. The first-order valence-electron chi connectivity index (χ1n) is 7.45. The molecule has 0 spiro atoms. The Balaban J connectivity index is 2.06. The zero-order valence-corrected chi connectivity index (χ0v) is 12.2. The van der Waals surface area contributed by atoms with Crippen LogP contribution in [0.4, 0.5) is 0 Å². The van der Waals surface area contributed by atoms with Crippen molar-refractivity contribution in [2.24, 2.45) is 0 Å². The van der Waals surface area contributed by atoms with Gasteiger partial charge in [0.1, 0.15) is 0 Å². The molecule has 1 aromatic carbocycles. The molecule has 0 aliphatic rings. The number of hydrogen-bond donors (Lipinski definition) is 2. The standard InChI is InChI=1S/C18H22N2O/c21-20-14-7-2-1-6-12-18(16-9-4-3-5-10-16)17-11-8-13-19-15-17/h3-5,8-13,15,20-21H,1-2,6-7,14H2. The van der Waals surface area contributed by atoms with E-state index in [1.165, 1.54) is 11.1 Å². The van der Waals surface area contributed by atoms with Crippen molar-refractivity contribution in [3.63, 3.8) is 0 Å². The Kier molecular flexibility index (Phi) is 6.65. The largest absolute Gasteiger partial charge is 0.317 e. The van der Waals surface area contributed by atoms with Gasteiger partial charge in [-0.25, -0.2) is 5.48 Å². The van der Waals surface area contributed by atoms with E-state index in [2.05, 4.69) is 46.9 Å². The SMILES string of the molecule is ONCCCCCC=C(c1ccccc1)c1cccnc1. The highest BCUT2D eigenvalue weighted by Crippen LogP contribution is 2.23. The van der Waals surface area contributed by atoms with E-state index in [0.717, 1.165) is 31.2 Å². The van der Waals surface area contributed by atoms with E-state index in [0.29, 0.717) is 6.54 Å². The highest BCUT2D eigenvalue weighted by molar-refractivity contribution is 5.79. The van der Waals surface area contributed by atoms with E-state index in [1.54, 1.807) is 6.20 Å². The zero-order chi connectivity index (χ0) is 14.8. The quantitative estimate of drug-likeness (QED) is 0.567. The Morgan fingerprint density at radius 2 is 1.81 bits per heavy atom. The smallest absolute Gasteiger partial charge is 0.0346 e. The Morgan fingerprint density at radius 1 is 1.00 bits per heavy atom. The van der Waals surface area contributed by atoms with Crippen LogP contribution in [0.25, 0.3) is 5.57 Å². The van der Waals surface area contributed by atoms with Crippen LogP contribution in [0.1, 0.15) is 36.8 Å². The van der Waals surface area contributed by atoms with Gasteiger partial charge in [0.2, 0.25) is 0 Å². The predicted octanol–water partition coefficient (Wildman–Crippen LogP) is 4.05. The van der Waals surface area contributed by atoms with Crippen molar-refractivity contribution < 1.29 is 5.21 Å². The molecule has 110 valence electrons. The van der Waals surface area contributed by atoms with Gasteiger partial charge in [0.15, 0.2) is 0 Å². The van der Waals surface area contributed by atoms with E-state index >= 15 is 0 Å². The number of benzene rings is 1. The van der Waals surface area contributed by atoms with Gasteiger partial charge in [0.25, 0.3) is 0 Å². The topological polar surface area (TPSA) is 45.1 Å². The molecule has 0 aliphatic heterocycles. The van der Waals surface area contributed by atoms with Crippen LogP contribution in [0.3, 0.4) is 0 Å². The summed E-state index contributed by atoms with van der Waals surface area (Å²) in [7, 11) is 0. The molecule has 21 heavy (non-hydrogen) atoms. The number of aromatic nitrogens is 1. The van der Waals surface area contributed by atoms with Gasteiger partial charge in [-0.15, -0.1) is 0 Å². The van der Waals surface area contributed by atoms with Crippen LogP contribution in [0.5, 0.6) is 0 Å². The summed E-state index contributed by atoms with van der Waals surface area (Å²) in [5.74, 6) is 0. The molecule has 0 saturated heterocycles. The van der Waals surface area contributed by atoms with Crippen molar-refractivity contribution in [2.45, 2.75) is 25.7 Å². The van der Waals surface area contributed by atoms with Gasteiger partial charge >= 0.3 is 0 Å². The monoisotopic (exact) mass is 282 g/mol. The number of hydrogen-bond acceptors (Lipinski definition) is 3.